The molecule has 1 aromatic rings. The minimum atomic E-state index is -0.901. The maximum Gasteiger partial charge on any atom is 0.342 e. The molecular formula is C16H23NO4. The maximum absolute atomic E-state index is 12.0. The van der Waals surface area contributed by atoms with Crippen LogP contribution >= 0.6 is 0 Å². The van der Waals surface area contributed by atoms with Crippen molar-refractivity contribution in [3.8, 4) is 0 Å². The van der Waals surface area contributed by atoms with Crippen LogP contribution in [0.2, 0.25) is 0 Å². The highest BCUT2D eigenvalue weighted by molar-refractivity contribution is 5.89. The zero-order chi connectivity index (χ0) is 15.7. The van der Waals surface area contributed by atoms with E-state index in [1.807, 2.05) is 13.8 Å². The Morgan fingerprint density at radius 3 is 2.38 bits per heavy atom. The highest BCUT2D eigenvalue weighted by atomic mass is 16.7. The van der Waals surface area contributed by atoms with E-state index in [9.17, 15) is 9.59 Å². The van der Waals surface area contributed by atoms with E-state index in [2.05, 4.69) is 4.98 Å². The fourth-order valence-electron chi connectivity index (χ4n) is 2.06. The second kappa shape index (κ2) is 9.10. The molecule has 1 atom stereocenters. The number of hydrogen-bond donors (Lipinski definition) is 0. The molecule has 0 spiro atoms. The predicted octanol–water partition coefficient (Wildman–Crippen LogP) is 3.34. The van der Waals surface area contributed by atoms with Crippen LogP contribution in [0.1, 0.15) is 56.8 Å². The average molecular weight is 293 g/mol. The van der Waals surface area contributed by atoms with Crippen LogP contribution in [0.5, 0.6) is 0 Å². The zero-order valence-corrected chi connectivity index (χ0v) is 12.9. The fraction of sp³-hybridized carbons (Fsp3) is 0.562. The van der Waals surface area contributed by atoms with Gasteiger partial charge in [-0.25, -0.2) is 4.79 Å². The zero-order valence-electron chi connectivity index (χ0n) is 12.9. The maximum atomic E-state index is 12.0. The van der Waals surface area contributed by atoms with Gasteiger partial charge in [-0.3, -0.25) is 9.78 Å². The largest absolute Gasteiger partial charge is 0.425 e. The lowest BCUT2D eigenvalue weighted by molar-refractivity contribution is -0.171. The molecule has 0 N–H and O–H groups in total. The molecule has 1 aromatic heterocycles. The number of aromatic nitrogens is 1. The summed E-state index contributed by atoms with van der Waals surface area (Å²) in [5.41, 5.74) is 0.332. The summed E-state index contributed by atoms with van der Waals surface area (Å²) in [5, 5.41) is 0. The van der Waals surface area contributed by atoms with E-state index in [0.29, 0.717) is 5.56 Å². The first-order valence-electron chi connectivity index (χ1n) is 7.40. The first-order valence-corrected chi connectivity index (χ1v) is 7.40. The van der Waals surface area contributed by atoms with Gasteiger partial charge in [-0.15, -0.1) is 0 Å². The van der Waals surface area contributed by atoms with Crippen LogP contribution in [-0.2, 0) is 14.3 Å². The first kappa shape index (κ1) is 17.1. The molecule has 0 saturated heterocycles. The van der Waals surface area contributed by atoms with Crippen molar-refractivity contribution in [1.82, 2.24) is 4.98 Å². The van der Waals surface area contributed by atoms with Crippen molar-refractivity contribution in [2.24, 2.45) is 5.92 Å². The lowest BCUT2D eigenvalue weighted by atomic mass is 9.99. The standard InChI is InChI=1S/C16H23NO4/c1-4-7-13(8-5-2)15(18)20-12(3)21-16(19)14-9-6-10-17-11-14/h6,9-13H,4-5,7-8H2,1-3H3. The van der Waals surface area contributed by atoms with Gasteiger partial charge in [0.1, 0.15) is 0 Å². The van der Waals surface area contributed by atoms with Gasteiger partial charge in [0, 0.05) is 19.3 Å². The number of ether oxygens (including phenoxy) is 2. The van der Waals surface area contributed by atoms with E-state index in [4.69, 9.17) is 9.47 Å². The molecule has 21 heavy (non-hydrogen) atoms. The first-order chi connectivity index (χ1) is 10.1. The van der Waals surface area contributed by atoms with Gasteiger partial charge in [0.05, 0.1) is 11.5 Å². The van der Waals surface area contributed by atoms with E-state index < -0.39 is 12.3 Å². The summed E-state index contributed by atoms with van der Waals surface area (Å²) in [5.74, 6) is -0.976. The SMILES string of the molecule is CCCC(CCC)C(=O)OC(C)OC(=O)c1cccnc1. The molecule has 0 fully saturated rings. The molecule has 0 radical (unpaired) electrons. The number of carbonyl (C=O) groups excluding carboxylic acids is 2. The Kier molecular flexibility index (Phi) is 7.43. The minimum absolute atomic E-state index is 0.125. The molecule has 5 nitrogen and oxygen atoms in total. The van der Waals surface area contributed by atoms with E-state index in [1.54, 1.807) is 25.3 Å². The summed E-state index contributed by atoms with van der Waals surface area (Å²) in [6.07, 6.45) is 5.49. The van der Waals surface area contributed by atoms with Crippen LogP contribution in [0, 0.1) is 5.92 Å². The molecule has 116 valence electrons. The number of hydrogen-bond acceptors (Lipinski definition) is 5. The lowest BCUT2D eigenvalue weighted by Gasteiger charge is -2.18. The normalized spacial score (nSPS) is 12.0. The monoisotopic (exact) mass is 293 g/mol. The Morgan fingerprint density at radius 1 is 1.19 bits per heavy atom. The van der Waals surface area contributed by atoms with Gasteiger partial charge < -0.3 is 9.47 Å². The molecule has 1 unspecified atom stereocenters. The lowest BCUT2D eigenvalue weighted by Crippen LogP contribution is -2.26. The van der Waals surface area contributed by atoms with Crippen molar-refractivity contribution in [2.75, 3.05) is 0 Å². The van der Waals surface area contributed by atoms with Crippen LogP contribution in [0.3, 0.4) is 0 Å². The van der Waals surface area contributed by atoms with Gasteiger partial charge >= 0.3 is 11.9 Å². The van der Waals surface area contributed by atoms with Crippen LogP contribution < -0.4 is 0 Å². The molecule has 1 rings (SSSR count). The molecule has 0 aliphatic rings. The van der Waals surface area contributed by atoms with Crippen LogP contribution in [0.25, 0.3) is 0 Å². The molecule has 0 bridgehead atoms. The molecule has 0 aliphatic heterocycles. The number of pyridine rings is 1. The Labute approximate surface area is 125 Å². The second-order valence-electron chi connectivity index (χ2n) is 4.93. The second-order valence-corrected chi connectivity index (χ2v) is 4.93. The number of nitrogens with zero attached hydrogens (tertiary/aromatic N) is 1. The van der Waals surface area contributed by atoms with E-state index >= 15 is 0 Å². The Bertz CT molecular complexity index is 441. The third-order valence-electron chi connectivity index (χ3n) is 3.06. The molecule has 0 aliphatic carbocycles. The van der Waals surface area contributed by atoms with Gasteiger partial charge in [0.15, 0.2) is 0 Å². The Morgan fingerprint density at radius 2 is 1.86 bits per heavy atom. The quantitative estimate of drug-likeness (QED) is 0.543. The van der Waals surface area contributed by atoms with Crippen molar-refractivity contribution in [3.05, 3.63) is 30.1 Å². The smallest absolute Gasteiger partial charge is 0.342 e. The van der Waals surface area contributed by atoms with Gasteiger partial charge in [0.25, 0.3) is 0 Å². The highest BCUT2D eigenvalue weighted by Crippen LogP contribution is 2.16. The number of carbonyl (C=O) groups is 2. The average Bonchev–Trinajstić information content (AvgIpc) is 2.47. The summed E-state index contributed by atoms with van der Waals surface area (Å²) < 4.78 is 10.3. The third-order valence-corrected chi connectivity index (χ3v) is 3.06. The summed E-state index contributed by atoms with van der Waals surface area (Å²) >= 11 is 0. The van der Waals surface area contributed by atoms with E-state index in [1.165, 1.54) is 6.20 Å². The van der Waals surface area contributed by atoms with Crippen molar-refractivity contribution < 1.29 is 19.1 Å². The van der Waals surface area contributed by atoms with Crippen LogP contribution in [-0.4, -0.2) is 23.2 Å². The molecule has 0 saturated carbocycles. The minimum Gasteiger partial charge on any atom is -0.425 e. The van der Waals surface area contributed by atoms with Gasteiger partial charge in [-0.2, -0.15) is 0 Å². The van der Waals surface area contributed by atoms with Crippen LogP contribution in [0.4, 0.5) is 0 Å². The molecule has 1 heterocycles. The third kappa shape index (κ3) is 5.94. The van der Waals surface area contributed by atoms with Gasteiger partial charge in [0.2, 0.25) is 6.29 Å². The summed E-state index contributed by atoms with van der Waals surface area (Å²) in [6, 6.07) is 3.24. The topological polar surface area (TPSA) is 65.5 Å². The molecule has 0 amide bonds. The van der Waals surface area contributed by atoms with Crippen molar-refractivity contribution in [3.63, 3.8) is 0 Å². The number of esters is 2. The Hall–Kier alpha value is -1.91. The van der Waals surface area contributed by atoms with Gasteiger partial charge in [-0.1, -0.05) is 26.7 Å². The highest BCUT2D eigenvalue weighted by Gasteiger charge is 2.22. The Balaban J connectivity index is 2.50. The van der Waals surface area contributed by atoms with Gasteiger partial charge in [-0.05, 0) is 25.0 Å². The van der Waals surface area contributed by atoms with Crippen molar-refractivity contribution in [2.45, 2.75) is 52.7 Å². The van der Waals surface area contributed by atoms with Crippen molar-refractivity contribution in [1.29, 1.82) is 0 Å². The summed E-state index contributed by atoms with van der Waals surface area (Å²) in [6.45, 7) is 5.60. The summed E-state index contributed by atoms with van der Waals surface area (Å²) in [7, 11) is 0. The summed E-state index contributed by atoms with van der Waals surface area (Å²) in [4.78, 5) is 27.7. The predicted molar refractivity (Wildman–Crippen MR) is 78.5 cm³/mol. The van der Waals surface area contributed by atoms with E-state index in [-0.39, 0.29) is 11.9 Å². The fourth-order valence-corrected chi connectivity index (χ4v) is 2.06. The van der Waals surface area contributed by atoms with E-state index in [0.717, 1.165) is 25.7 Å². The molecule has 5 heteroatoms. The molecule has 0 aromatic carbocycles. The number of rotatable bonds is 8. The van der Waals surface area contributed by atoms with Crippen LogP contribution in [0.15, 0.2) is 24.5 Å². The van der Waals surface area contributed by atoms with Crippen molar-refractivity contribution >= 4 is 11.9 Å². The molecular weight excluding hydrogens is 270 g/mol.